The topological polar surface area (TPSA) is 70.2 Å². The number of hydrogen-bond acceptors (Lipinski definition) is 4. The van der Waals surface area contributed by atoms with Gasteiger partial charge in [0.1, 0.15) is 18.0 Å². The minimum atomic E-state index is -0.211. The van der Waals surface area contributed by atoms with Crippen LogP contribution in [0, 0.1) is 0 Å². The second-order valence-corrected chi connectivity index (χ2v) is 6.90. The number of amides is 3. The Hall–Kier alpha value is -3.35. The van der Waals surface area contributed by atoms with Crippen molar-refractivity contribution in [2.45, 2.75) is 13.8 Å². The van der Waals surface area contributed by atoms with Gasteiger partial charge in [-0.1, -0.05) is 18.2 Å². The lowest BCUT2D eigenvalue weighted by molar-refractivity contribution is -0.137. The number of nitrogens with zero attached hydrogens (tertiary/aromatic N) is 3. The first-order valence-electron chi connectivity index (χ1n) is 9.58. The summed E-state index contributed by atoms with van der Waals surface area (Å²) in [5.41, 5.74) is 0.633. The zero-order chi connectivity index (χ0) is 20.8. The van der Waals surface area contributed by atoms with Gasteiger partial charge in [-0.05, 0) is 36.4 Å². The molecule has 2 aromatic carbocycles. The third-order valence-corrected chi connectivity index (χ3v) is 4.88. The van der Waals surface area contributed by atoms with Crippen LogP contribution in [0.3, 0.4) is 0 Å². The van der Waals surface area contributed by atoms with Crippen LogP contribution in [-0.4, -0.2) is 60.2 Å². The van der Waals surface area contributed by atoms with E-state index in [1.807, 2.05) is 30.3 Å². The third-order valence-electron chi connectivity index (χ3n) is 4.88. The number of carbonyl (C=O) groups is 3. The van der Waals surface area contributed by atoms with Crippen molar-refractivity contribution in [2.75, 3.05) is 37.6 Å². The van der Waals surface area contributed by atoms with Crippen LogP contribution in [0.15, 0.2) is 54.6 Å². The predicted octanol–water partition coefficient (Wildman–Crippen LogP) is 2.52. The summed E-state index contributed by atoms with van der Waals surface area (Å²) in [6, 6.07) is 16.5. The van der Waals surface area contributed by atoms with Crippen LogP contribution in [-0.2, 0) is 14.4 Å². The predicted molar refractivity (Wildman–Crippen MR) is 110 cm³/mol. The van der Waals surface area contributed by atoms with Crippen LogP contribution in [0.25, 0.3) is 0 Å². The van der Waals surface area contributed by atoms with Gasteiger partial charge in [-0.15, -0.1) is 0 Å². The normalized spacial score (nSPS) is 13.7. The summed E-state index contributed by atoms with van der Waals surface area (Å²) in [6.07, 6.45) is 0. The first-order valence-corrected chi connectivity index (χ1v) is 9.58. The van der Waals surface area contributed by atoms with Gasteiger partial charge in [-0.2, -0.15) is 0 Å². The molecule has 1 saturated heterocycles. The second kappa shape index (κ2) is 9.23. The fraction of sp³-hybridized carbons (Fsp3) is 0.318. The SMILES string of the molecule is CC(=O)N1CCN(C(=O)CN(C(C)=O)c2ccc(Oc3ccccc3)cc2)CC1. The van der Waals surface area contributed by atoms with Crippen LogP contribution >= 0.6 is 0 Å². The number of hydrogen-bond donors (Lipinski definition) is 0. The van der Waals surface area contributed by atoms with Crippen molar-refractivity contribution in [1.29, 1.82) is 0 Å². The van der Waals surface area contributed by atoms with Gasteiger partial charge in [0.05, 0.1) is 0 Å². The molecule has 0 atom stereocenters. The molecule has 29 heavy (non-hydrogen) atoms. The Morgan fingerprint density at radius 3 is 1.93 bits per heavy atom. The summed E-state index contributed by atoms with van der Waals surface area (Å²) in [5.74, 6) is 1.05. The highest BCUT2D eigenvalue weighted by Crippen LogP contribution is 2.24. The molecule has 3 amide bonds. The fourth-order valence-electron chi connectivity index (χ4n) is 3.21. The number of carbonyl (C=O) groups excluding carboxylic acids is 3. The number of benzene rings is 2. The second-order valence-electron chi connectivity index (χ2n) is 6.90. The molecule has 1 fully saturated rings. The summed E-state index contributed by atoms with van der Waals surface area (Å²) < 4.78 is 5.77. The Labute approximate surface area is 170 Å². The molecule has 0 radical (unpaired) electrons. The van der Waals surface area contributed by atoms with Gasteiger partial charge in [0, 0.05) is 45.7 Å². The van der Waals surface area contributed by atoms with Crippen molar-refractivity contribution < 1.29 is 19.1 Å². The highest BCUT2D eigenvalue weighted by molar-refractivity contribution is 5.97. The molecule has 0 N–H and O–H groups in total. The van der Waals surface area contributed by atoms with E-state index < -0.39 is 0 Å². The minimum absolute atomic E-state index is 0.0141. The summed E-state index contributed by atoms with van der Waals surface area (Å²) in [6.45, 7) is 4.94. The molecule has 7 heteroatoms. The zero-order valence-electron chi connectivity index (χ0n) is 16.7. The van der Waals surface area contributed by atoms with Crippen molar-refractivity contribution >= 4 is 23.4 Å². The highest BCUT2D eigenvalue weighted by atomic mass is 16.5. The standard InChI is InChI=1S/C22H25N3O4/c1-17(26)23-12-14-24(15-13-23)22(28)16-25(18(2)27)19-8-10-21(11-9-19)29-20-6-4-3-5-7-20/h3-11H,12-16H2,1-2H3. The maximum absolute atomic E-state index is 12.7. The molecule has 7 nitrogen and oxygen atoms in total. The van der Waals surface area contributed by atoms with E-state index in [9.17, 15) is 14.4 Å². The number of para-hydroxylation sites is 1. The van der Waals surface area contributed by atoms with E-state index in [-0.39, 0.29) is 24.3 Å². The first kappa shape index (κ1) is 20.4. The fourth-order valence-corrected chi connectivity index (χ4v) is 3.21. The van der Waals surface area contributed by atoms with Crippen molar-refractivity contribution in [3.05, 3.63) is 54.6 Å². The van der Waals surface area contributed by atoms with Gasteiger partial charge < -0.3 is 19.4 Å². The molecule has 2 aromatic rings. The van der Waals surface area contributed by atoms with E-state index in [0.29, 0.717) is 37.6 Å². The summed E-state index contributed by atoms with van der Waals surface area (Å²) in [4.78, 5) is 41.1. The van der Waals surface area contributed by atoms with E-state index in [1.165, 1.54) is 18.7 Å². The summed E-state index contributed by atoms with van der Waals surface area (Å²) in [7, 11) is 0. The molecular formula is C22H25N3O4. The molecule has 0 spiro atoms. The van der Waals surface area contributed by atoms with E-state index in [2.05, 4.69) is 0 Å². The van der Waals surface area contributed by atoms with Crippen LogP contribution in [0.2, 0.25) is 0 Å². The molecule has 0 saturated carbocycles. The molecular weight excluding hydrogens is 370 g/mol. The van der Waals surface area contributed by atoms with Crippen LogP contribution < -0.4 is 9.64 Å². The molecule has 0 bridgehead atoms. The minimum Gasteiger partial charge on any atom is -0.457 e. The van der Waals surface area contributed by atoms with Crippen molar-refractivity contribution in [3.63, 3.8) is 0 Å². The zero-order valence-corrected chi connectivity index (χ0v) is 16.7. The monoisotopic (exact) mass is 395 g/mol. The number of ether oxygens (including phenoxy) is 1. The summed E-state index contributed by atoms with van der Waals surface area (Å²) in [5, 5.41) is 0. The molecule has 3 rings (SSSR count). The smallest absolute Gasteiger partial charge is 0.242 e. The lowest BCUT2D eigenvalue weighted by Crippen LogP contribution is -2.52. The van der Waals surface area contributed by atoms with E-state index in [1.54, 1.807) is 34.1 Å². The van der Waals surface area contributed by atoms with Crippen molar-refractivity contribution in [1.82, 2.24) is 9.80 Å². The Bertz CT molecular complexity index is 859. The van der Waals surface area contributed by atoms with Gasteiger partial charge in [0.15, 0.2) is 0 Å². The Kier molecular flexibility index (Phi) is 6.49. The largest absolute Gasteiger partial charge is 0.457 e. The quantitative estimate of drug-likeness (QED) is 0.780. The van der Waals surface area contributed by atoms with Gasteiger partial charge in [0.2, 0.25) is 17.7 Å². The Morgan fingerprint density at radius 2 is 1.38 bits per heavy atom. The summed E-state index contributed by atoms with van der Waals surface area (Å²) >= 11 is 0. The maximum Gasteiger partial charge on any atom is 0.242 e. The average molecular weight is 395 g/mol. The lowest BCUT2D eigenvalue weighted by atomic mass is 10.2. The molecule has 1 aliphatic rings. The van der Waals surface area contributed by atoms with Crippen LogP contribution in [0.1, 0.15) is 13.8 Å². The molecule has 0 unspecified atom stereocenters. The van der Waals surface area contributed by atoms with Gasteiger partial charge in [-0.25, -0.2) is 0 Å². The Morgan fingerprint density at radius 1 is 0.828 bits per heavy atom. The van der Waals surface area contributed by atoms with Crippen molar-refractivity contribution in [2.24, 2.45) is 0 Å². The molecule has 0 aliphatic carbocycles. The van der Waals surface area contributed by atoms with Gasteiger partial charge in [0.25, 0.3) is 0 Å². The third kappa shape index (κ3) is 5.34. The number of anilines is 1. The molecule has 152 valence electrons. The van der Waals surface area contributed by atoms with Crippen molar-refractivity contribution in [3.8, 4) is 11.5 Å². The molecule has 1 heterocycles. The highest BCUT2D eigenvalue weighted by Gasteiger charge is 2.25. The van der Waals surface area contributed by atoms with Gasteiger partial charge >= 0.3 is 0 Å². The van der Waals surface area contributed by atoms with E-state index in [0.717, 1.165) is 5.75 Å². The molecule has 0 aromatic heterocycles. The van der Waals surface area contributed by atoms with E-state index >= 15 is 0 Å². The Balaban J connectivity index is 1.63. The van der Waals surface area contributed by atoms with E-state index in [4.69, 9.17) is 4.74 Å². The molecule has 1 aliphatic heterocycles. The lowest BCUT2D eigenvalue weighted by Gasteiger charge is -2.35. The van der Waals surface area contributed by atoms with Gasteiger partial charge in [-0.3, -0.25) is 14.4 Å². The number of rotatable bonds is 5. The average Bonchev–Trinajstić information content (AvgIpc) is 2.73. The van der Waals surface area contributed by atoms with Crippen LogP contribution in [0.4, 0.5) is 5.69 Å². The maximum atomic E-state index is 12.7. The van der Waals surface area contributed by atoms with Crippen LogP contribution in [0.5, 0.6) is 11.5 Å². The number of piperazine rings is 1. The first-order chi connectivity index (χ1) is 13.9.